The molecule has 0 saturated heterocycles. The van der Waals surface area contributed by atoms with Crippen molar-refractivity contribution < 1.29 is 22.7 Å². The lowest BCUT2D eigenvalue weighted by atomic mass is 9.95. The second kappa shape index (κ2) is 9.50. The molecule has 3 rings (SSSR count). The predicted octanol–water partition coefficient (Wildman–Crippen LogP) is 3.45. The van der Waals surface area contributed by atoms with Gasteiger partial charge in [-0.15, -0.1) is 11.3 Å². The van der Waals surface area contributed by atoms with Crippen LogP contribution in [-0.4, -0.2) is 52.2 Å². The summed E-state index contributed by atoms with van der Waals surface area (Å²) in [7, 11) is -0.0672. The highest BCUT2D eigenvalue weighted by Crippen LogP contribution is 2.38. The van der Waals surface area contributed by atoms with Crippen LogP contribution in [0.4, 0.5) is 5.00 Å². The van der Waals surface area contributed by atoms with Crippen LogP contribution in [-0.2, 0) is 32.2 Å². The summed E-state index contributed by atoms with van der Waals surface area (Å²) < 4.78 is 28.2. The first-order valence-electron chi connectivity index (χ1n) is 10.1. The first-order valence-corrected chi connectivity index (χ1v) is 12.9. The number of sulfone groups is 1. The molecule has 9 heteroatoms. The number of aryl methyl sites for hydroxylation is 1. The van der Waals surface area contributed by atoms with E-state index in [2.05, 4.69) is 5.32 Å². The topological polar surface area (TPSA) is 92.8 Å². The number of hydrogen-bond donors (Lipinski definition) is 1. The average molecular weight is 465 g/mol. The van der Waals surface area contributed by atoms with Crippen LogP contribution in [0.3, 0.4) is 0 Å². The zero-order valence-electron chi connectivity index (χ0n) is 18.2. The lowest BCUT2D eigenvalue weighted by molar-refractivity contribution is -0.117. The number of nitrogens with one attached hydrogen (secondary N) is 1. The molecule has 1 unspecified atom stereocenters. The van der Waals surface area contributed by atoms with Gasteiger partial charge < -0.3 is 10.1 Å². The van der Waals surface area contributed by atoms with Gasteiger partial charge in [-0.1, -0.05) is 12.1 Å². The number of ether oxygens (including phenoxy) is 1. The molecule has 1 atom stereocenters. The zero-order valence-corrected chi connectivity index (χ0v) is 19.9. The first-order chi connectivity index (χ1) is 14.6. The highest BCUT2D eigenvalue weighted by atomic mass is 32.2. The van der Waals surface area contributed by atoms with E-state index >= 15 is 0 Å². The van der Waals surface area contributed by atoms with E-state index in [9.17, 15) is 18.0 Å². The van der Waals surface area contributed by atoms with Crippen LogP contribution in [0.25, 0.3) is 0 Å². The summed E-state index contributed by atoms with van der Waals surface area (Å²) >= 11 is 1.46. The Morgan fingerprint density at radius 1 is 1.19 bits per heavy atom. The van der Waals surface area contributed by atoms with Crippen LogP contribution in [0.2, 0.25) is 0 Å². The minimum absolute atomic E-state index is 0.101. The largest absolute Gasteiger partial charge is 0.465 e. The van der Waals surface area contributed by atoms with E-state index < -0.39 is 15.8 Å². The molecule has 2 aromatic rings. The van der Waals surface area contributed by atoms with Gasteiger partial charge in [0.1, 0.15) is 5.00 Å². The zero-order chi connectivity index (χ0) is 22.8. The van der Waals surface area contributed by atoms with Crippen LogP contribution in [0, 0.1) is 0 Å². The summed E-state index contributed by atoms with van der Waals surface area (Å²) in [5.74, 6) is -0.631. The maximum absolute atomic E-state index is 12.7. The number of anilines is 1. The van der Waals surface area contributed by atoms with E-state index in [1.165, 1.54) is 24.7 Å². The molecule has 31 heavy (non-hydrogen) atoms. The number of thiophene rings is 1. The molecule has 1 heterocycles. The minimum atomic E-state index is -3.25. The first kappa shape index (κ1) is 23.4. The molecule has 0 aliphatic heterocycles. The Balaban J connectivity index is 1.70. The Morgan fingerprint density at radius 3 is 2.45 bits per heavy atom. The van der Waals surface area contributed by atoms with Gasteiger partial charge in [-0.25, -0.2) is 13.2 Å². The van der Waals surface area contributed by atoms with E-state index in [0.29, 0.717) is 10.6 Å². The van der Waals surface area contributed by atoms with Crippen LogP contribution in [0.1, 0.15) is 52.2 Å². The molecular formula is C22H28N2O5S2. The molecule has 1 aliphatic carbocycles. The molecule has 1 aromatic carbocycles. The molecule has 0 bridgehead atoms. The lowest BCUT2D eigenvalue weighted by Crippen LogP contribution is -2.32. The molecule has 0 spiro atoms. The normalized spacial score (nSPS) is 14.7. The molecule has 1 N–H and O–H groups in total. The van der Waals surface area contributed by atoms with Crippen molar-refractivity contribution in [3.8, 4) is 0 Å². The molecule has 1 aromatic heterocycles. The van der Waals surface area contributed by atoms with Crippen LogP contribution in [0.15, 0.2) is 29.2 Å². The van der Waals surface area contributed by atoms with E-state index in [-0.39, 0.29) is 23.4 Å². The molecule has 1 amide bonds. The highest BCUT2D eigenvalue weighted by molar-refractivity contribution is 7.90. The molecule has 0 fully saturated rings. The van der Waals surface area contributed by atoms with Crippen LogP contribution >= 0.6 is 11.3 Å². The van der Waals surface area contributed by atoms with Crippen molar-refractivity contribution in [1.29, 1.82) is 0 Å². The fourth-order valence-electron chi connectivity index (χ4n) is 3.75. The average Bonchev–Trinajstić information content (AvgIpc) is 3.09. The SMILES string of the molecule is COC(=O)c1c(NC(=O)CN(C)C(C)c2ccc(S(C)(=O)=O)cc2)sc2c1CCCC2. The maximum atomic E-state index is 12.7. The van der Waals surface area contributed by atoms with Crippen molar-refractivity contribution in [2.75, 3.05) is 32.3 Å². The third kappa shape index (κ3) is 5.34. The van der Waals surface area contributed by atoms with Crippen molar-refractivity contribution in [2.24, 2.45) is 0 Å². The van der Waals surface area contributed by atoms with Crippen molar-refractivity contribution in [3.05, 3.63) is 45.8 Å². The van der Waals surface area contributed by atoms with Crippen molar-refractivity contribution in [1.82, 2.24) is 4.90 Å². The summed E-state index contributed by atoms with van der Waals surface area (Å²) in [5, 5.41) is 3.46. The number of fused-ring (bicyclic) bond motifs is 1. The Kier molecular flexibility index (Phi) is 7.18. The fraction of sp³-hybridized carbons (Fsp3) is 0.455. The Labute approximate surface area is 187 Å². The number of amides is 1. The number of carbonyl (C=O) groups is 2. The standard InChI is InChI=1S/C22H28N2O5S2/c1-14(15-9-11-16(12-10-15)31(4,27)28)24(2)13-19(25)23-21-20(22(26)29-3)17-7-5-6-8-18(17)30-21/h9-12,14H,5-8,13H2,1-4H3,(H,23,25). The van der Waals surface area contributed by atoms with Gasteiger partial charge in [-0.2, -0.15) is 0 Å². The van der Waals surface area contributed by atoms with Gasteiger partial charge in [0, 0.05) is 17.2 Å². The van der Waals surface area contributed by atoms with Gasteiger partial charge in [0.25, 0.3) is 0 Å². The Morgan fingerprint density at radius 2 is 1.84 bits per heavy atom. The number of carbonyl (C=O) groups excluding carboxylic acids is 2. The number of likely N-dealkylation sites (N-methyl/N-ethyl adjacent to an activating group) is 1. The molecule has 0 radical (unpaired) electrons. The quantitative estimate of drug-likeness (QED) is 0.631. The van der Waals surface area contributed by atoms with Crippen molar-refractivity contribution >= 4 is 38.1 Å². The third-order valence-electron chi connectivity index (χ3n) is 5.66. The third-order valence-corrected chi connectivity index (χ3v) is 7.99. The van der Waals surface area contributed by atoms with E-state index in [4.69, 9.17) is 4.74 Å². The van der Waals surface area contributed by atoms with Gasteiger partial charge in [0.15, 0.2) is 9.84 Å². The van der Waals surface area contributed by atoms with Crippen molar-refractivity contribution in [3.63, 3.8) is 0 Å². The second-order valence-electron chi connectivity index (χ2n) is 7.89. The summed E-state index contributed by atoms with van der Waals surface area (Å²) in [6.07, 6.45) is 5.03. The number of methoxy groups -OCH3 is 1. The summed E-state index contributed by atoms with van der Waals surface area (Å²) in [4.78, 5) is 28.4. The molecule has 0 saturated carbocycles. The summed E-state index contributed by atoms with van der Waals surface area (Å²) in [5.41, 5.74) is 2.40. The number of benzene rings is 1. The minimum Gasteiger partial charge on any atom is -0.465 e. The summed E-state index contributed by atoms with van der Waals surface area (Å²) in [6.45, 7) is 2.07. The number of hydrogen-bond acceptors (Lipinski definition) is 7. The van der Waals surface area contributed by atoms with Gasteiger partial charge in [-0.05, 0) is 62.9 Å². The number of esters is 1. The summed E-state index contributed by atoms with van der Waals surface area (Å²) in [6, 6.07) is 6.58. The smallest absolute Gasteiger partial charge is 0.341 e. The van der Waals surface area contributed by atoms with Gasteiger partial charge >= 0.3 is 5.97 Å². The van der Waals surface area contributed by atoms with E-state index in [0.717, 1.165) is 41.7 Å². The number of nitrogens with zero attached hydrogens (tertiary/aromatic N) is 1. The van der Waals surface area contributed by atoms with Gasteiger partial charge in [0.05, 0.1) is 24.1 Å². The van der Waals surface area contributed by atoms with Crippen molar-refractivity contribution in [2.45, 2.75) is 43.5 Å². The predicted molar refractivity (Wildman–Crippen MR) is 122 cm³/mol. The lowest BCUT2D eigenvalue weighted by Gasteiger charge is -2.24. The fourth-order valence-corrected chi connectivity index (χ4v) is 5.67. The van der Waals surface area contributed by atoms with Crippen LogP contribution < -0.4 is 5.32 Å². The number of rotatable bonds is 7. The monoisotopic (exact) mass is 464 g/mol. The van der Waals surface area contributed by atoms with Gasteiger partial charge in [-0.3, -0.25) is 9.69 Å². The van der Waals surface area contributed by atoms with E-state index in [1.54, 1.807) is 24.3 Å². The highest BCUT2D eigenvalue weighted by Gasteiger charge is 2.27. The van der Waals surface area contributed by atoms with E-state index in [1.807, 2.05) is 18.9 Å². The molecule has 7 nitrogen and oxygen atoms in total. The molecule has 168 valence electrons. The Bertz CT molecular complexity index is 1070. The van der Waals surface area contributed by atoms with Gasteiger partial charge in [0.2, 0.25) is 5.91 Å². The Hall–Kier alpha value is -2.23. The van der Waals surface area contributed by atoms with Crippen LogP contribution in [0.5, 0.6) is 0 Å². The molecule has 1 aliphatic rings. The second-order valence-corrected chi connectivity index (χ2v) is 11.0. The molecular weight excluding hydrogens is 436 g/mol. The maximum Gasteiger partial charge on any atom is 0.341 e.